The van der Waals surface area contributed by atoms with Crippen molar-refractivity contribution in [3.8, 4) is 0 Å². The van der Waals surface area contributed by atoms with Gasteiger partial charge in [0, 0.05) is 17.1 Å². The molecule has 114 valence electrons. The quantitative estimate of drug-likeness (QED) is 0.738. The zero-order chi connectivity index (χ0) is 16.1. The van der Waals surface area contributed by atoms with Crippen molar-refractivity contribution in [2.24, 2.45) is 0 Å². The molecule has 0 saturated heterocycles. The lowest BCUT2D eigenvalue weighted by molar-refractivity contribution is -0.139. The van der Waals surface area contributed by atoms with Gasteiger partial charge in [-0.25, -0.2) is 4.79 Å². The maximum Gasteiger partial charge on any atom is 0.326 e. The van der Waals surface area contributed by atoms with Crippen LogP contribution in [0.4, 0.5) is 5.69 Å². The van der Waals surface area contributed by atoms with Gasteiger partial charge in [0.05, 0.1) is 5.56 Å². The second kappa shape index (κ2) is 6.95. The van der Waals surface area contributed by atoms with E-state index in [4.69, 9.17) is 17.3 Å². The molecular weight excluding hydrogens is 304 g/mol. The summed E-state index contributed by atoms with van der Waals surface area (Å²) in [6.07, 6.45) is 0.158. The van der Waals surface area contributed by atoms with Gasteiger partial charge in [-0.05, 0) is 29.8 Å². The average molecular weight is 319 g/mol. The highest BCUT2D eigenvalue weighted by atomic mass is 35.5. The summed E-state index contributed by atoms with van der Waals surface area (Å²) in [5.41, 5.74) is 7.04. The molecule has 0 aromatic heterocycles. The molecule has 0 spiro atoms. The number of rotatable bonds is 5. The zero-order valence-electron chi connectivity index (χ0n) is 11.6. The number of carbonyl (C=O) groups is 2. The van der Waals surface area contributed by atoms with Crippen LogP contribution in [-0.4, -0.2) is 23.0 Å². The molecule has 2 aromatic rings. The van der Waals surface area contributed by atoms with Crippen molar-refractivity contribution in [3.05, 3.63) is 64.7 Å². The summed E-state index contributed by atoms with van der Waals surface area (Å²) in [4.78, 5) is 23.5. The monoisotopic (exact) mass is 318 g/mol. The first-order chi connectivity index (χ1) is 10.5. The molecule has 2 aromatic carbocycles. The molecule has 0 aliphatic heterocycles. The van der Waals surface area contributed by atoms with Gasteiger partial charge in [-0.1, -0.05) is 35.9 Å². The van der Waals surface area contributed by atoms with Gasteiger partial charge < -0.3 is 16.2 Å². The minimum atomic E-state index is -1.11. The van der Waals surface area contributed by atoms with Crippen LogP contribution in [0.25, 0.3) is 0 Å². The van der Waals surface area contributed by atoms with Gasteiger partial charge >= 0.3 is 5.97 Å². The number of carboxylic acids is 1. The van der Waals surface area contributed by atoms with E-state index >= 15 is 0 Å². The molecule has 0 aliphatic rings. The number of aliphatic carboxylic acids is 1. The molecule has 1 amide bonds. The Bertz CT molecular complexity index is 686. The minimum absolute atomic E-state index is 0.158. The van der Waals surface area contributed by atoms with Crippen molar-refractivity contribution < 1.29 is 14.7 Å². The third kappa shape index (κ3) is 3.99. The van der Waals surface area contributed by atoms with Gasteiger partial charge in [0.2, 0.25) is 0 Å². The Morgan fingerprint density at radius 1 is 1.14 bits per heavy atom. The topological polar surface area (TPSA) is 92.4 Å². The first-order valence-corrected chi connectivity index (χ1v) is 6.98. The van der Waals surface area contributed by atoms with Gasteiger partial charge in [0.15, 0.2) is 0 Å². The lowest BCUT2D eigenvalue weighted by Gasteiger charge is -2.15. The van der Waals surface area contributed by atoms with Crippen molar-refractivity contribution >= 4 is 29.2 Å². The summed E-state index contributed by atoms with van der Waals surface area (Å²) < 4.78 is 0. The molecular formula is C16H15ClN2O3. The van der Waals surface area contributed by atoms with Crippen molar-refractivity contribution in [2.45, 2.75) is 12.5 Å². The third-order valence-electron chi connectivity index (χ3n) is 3.16. The van der Waals surface area contributed by atoms with Crippen molar-refractivity contribution in [3.63, 3.8) is 0 Å². The summed E-state index contributed by atoms with van der Waals surface area (Å²) in [7, 11) is 0. The largest absolute Gasteiger partial charge is 0.480 e. The number of carbonyl (C=O) groups excluding carboxylic acids is 1. The van der Waals surface area contributed by atoms with Crippen LogP contribution in [0.1, 0.15) is 15.9 Å². The van der Waals surface area contributed by atoms with Gasteiger partial charge in [-0.2, -0.15) is 0 Å². The number of nitrogens with one attached hydrogen (secondary N) is 1. The van der Waals surface area contributed by atoms with E-state index in [0.29, 0.717) is 10.7 Å². The van der Waals surface area contributed by atoms with Crippen molar-refractivity contribution in [2.75, 3.05) is 5.73 Å². The van der Waals surface area contributed by atoms with E-state index in [0.717, 1.165) is 5.56 Å². The Balaban J connectivity index is 2.12. The number of nitrogens with two attached hydrogens (primary N) is 1. The first kappa shape index (κ1) is 15.9. The fourth-order valence-electron chi connectivity index (χ4n) is 2.00. The van der Waals surface area contributed by atoms with Crippen LogP contribution >= 0.6 is 11.6 Å². The van der Waals surface area contributed by atoms with E-state index in [1.165, 1.54) is 0 Å². The van der Waals surface area contributed by atoms with E-state index in [2.05, 4.69) is 5.32 Å². The molecule has 4 N–H and O–H groups in total. The fraction of sp³-hybridized carbons (Fsp3) is 0.125. The molecule has 22 heavy (non-hydrogen) atoms. The Morgan fingerprint density at radius 2 is 1.77 bits per heavy atom. The predicted octanol–water partition coefficient (Wildman–Crippen LogP) is 2.35. The number of hydrogen-bond acceptors (Lipinski definition) is 3. The molecule has 0 bridgehead atoms. The predicted molar refractivity (Wildman–Crippen MR) is 84.9 cm³/mol. The van der Waals surface area contributed by atoms with Crippen molar-refractivity contribution in [1.82, 2.24) is 5.32 Å². The summed E-state index contributed by atoms with van der Waals surface area (Å²) in [6.45, 7) is 0. The Hall–Kier alpha value is -2.53. The van der Waals surface area contributed by atoms with Crippen LogP contribution in [0, 0.1) is 0 Å². The highest BCUT2D eigenvalue weighted by Gasteiger charge is 2.22. The van der Waals surface area contributed by atoms with Crippen LogP contribution < -0.4 is 11.1 Å². The maximum atomic E-state index is 12.1. The highest BCUT2D eigenvalue weighted by molar-refractivity contribution is 6.30. The SMILES string of the molecule is Nc1ccccc1C(=O)N[C@@H](Cc1ccc(Cl)cc1)C(=O)O. The Kier molecular flexibility index (Phi) is 5.01. The number of amides is 1. The highest BCUT2D eigenvalue weighted by Crippen LogP contribution is 2.13. The molecule has 6 heteroatoms. The van der Waals surface area contributed by atoms with Gasteiger partial charge in [0.1, 0.15) is 6.04 Å². The fourth-order valence-corrected chi connectivity index (χ4v) is 2.12. The van der Waals surface area contributed by atoms with E-state index in [-0.39, 0.29) is 12.0 Å². The molecule has 0 radical (unpaired) electrons. The van der Waals surface area contributed by atoms with E-state index in [1.54, 1.807) is 48.5 Å². The van der Waals surface area contributed by atoms with Crippen LogP contribution in [0.15, 0.2) is 48.5 Å². The van der Waals surface area contributed by atoms with Gasteiger partial charge in [-0.3, -0.25) is 4.79 Å². The number of para-hydroxylation sites is 1. The molecule has 2 rings (SSSR count). The Morgan fingerprint density at radius 3 is 2.36 bits per heavy atom. The third-order valence-corrected chi connectivity index (χ3v) is 3.41. The number of anilines is 1. The second-order valence-corrected chi connectivity index (χ2v) is 5.22. The summed E-state index contributed by atoms with van der Waals surface area (Å²) in [5.74, 6) is -1.63. The summed E-state index contributed by atoms with van der Waals surface area (Å²) >= 11 is 5.79. The lowest BCUT2D eigenvalue weighted by Crippen LogP contribution is -2.42. The van der Waals surface area contributed by atoms with Crippen LogP contribution in [0.3, 0.4) is 0 Å². The molecule has 0 heterocycles. The van der Waals surface area contributed by atoms with E-state index in [1.807, 2.05) is 0 Å². The minimum Gasteiger partial charge on any atom is -0.480 e. The van der Waals surface area contributed by atoms with Gasteiger partial charge in [0.25, 0.3) is 5.91 Å². The molecule has 5 nitrogen and oxygen atoms in total. The van der Waals surface area contributed by atoms with E-state index < -0.39 is 17.9 Å². The average Bonchev–Trinajstić information content (AvgIpc) is 2.49. The van der Waals surface area contributed by atoms with Crippen LogP contribution in [-0.2, 0) is 11.2 Å². The zero-order valence-corrected chi connectivity index (χ0v) is 12.4. The first-order valence-electron chi connectivity index (χ1n) is 6.60. The summed E-state index contributed by atoms with van der Waals surface area (Å²) in [5, 5.41) is 12.3. The Labute approximate surface area is 132 Å². The molecule has 0 saturated carbocycles. The number of hydrogen-bond donors (Lipinski definition) is 3. The molecule has 1 atom stereocenters. The van der Waals surface area contributed by atoms with Crippen molar-refractivity contribution in [1.29, 1.82) is 0 Å². The maximum absolute atomic E-state index is 12.1. The number of benzene rings is 2. The lowest BCUT2D eigenvalue weighted by atomic mass is 10.1. The summed E-state index contributed by atoms with van der Waals surface area (Å²) in [6, 6.07) is 12.3. The molecule has 0 aliphatic carbocycles. The second-order valence-electron chi connectivity index (χ2n) is 4.78. The molecule has 0 fully saturated rings. The van der Waals surface area contributed by atoms with Crippen LogP contribution in [0.2, 0.25) is 5.02 Å². The van der Waals surface area contributed by atoms with E-state index in [9.17, 15) is 14.7 Å². The molecule has 0 unspecified atom stereocenters. The number of carboxylic acid groups (broad SMARTS) is 1. The van der Waals surface area contributed by atoms with Gasteiger partial charge in [-0.15, -0.1) is 0 Å². The van der Waals surface area contributed by atoms with Crippen LogP contribution in [0.5, 0.6) is 0 Å². The standard InChI is InChI=1S/C16H15ClN2O3/c17-11-7-5-10(6-8-11)9-14(16(21)22)19-15(20)12-3-1-2-4-13(12)18/h1-8,14H,9,18H2,(H,19,20)(H,21,22)/t14-/m0/s1. The number of halogens is 1. The number of nitrogen functional groups attached to an aromatic ring is 1. The normalized spacial score (nSPS) is 11.7. The smallest absolute Gasteiger partial charge is 0.326 e.